The summed E-state index contributed by atoms with van der Waals surface area (Å²) in [7, 11) is -3.63. The zero-order chi connectivity index (χ0) is 23.4. The van der Waals surface area contributed by atoms with Crippen molar-refractivity contribution in [2.75, 3.05) is 39.4 Å². The van der Waals surface area contributed by atoms with Crippen molar-refractivity contribution >= 4 is 27.3 Å². The number of rotatable bonds is 7. The fraction of sp³-hybridized carbons (Fsp3) is 0.542. The van der Waals surface area contributed by atoms with Crippen LogP contribution in [0.2, 0.25) is 0 Å². The number of piperidine rings is 1. The summed E-state index contributed by atoms with van der Waals surface area (Å²) in [6.07, 6.45) is 2.78. The van der Waals surface area contributed by atoms with Crippen LogP contribution in [-0.2, 0) is 14.8 Å². The van der Waals surface area contributed by atoms with Crippen LogP contribution in [0.1, 0.15) is 53.0 Å². The molecule has 0 radical (unpaired) electrons. The van der Waals surface area contributed by atoms with E-state index >= 15 is 0 Å². The highest BCUT2D eigenvalue weighted by molar-refractivity contribution is 7.89. The monoisotopic (exact) mass is 491 g/mol. The number of nitrogens with zero attached hydrogens (tertiary/aromatic N) is 2. The molecule has 9 heteroatoms. The number of morpholine rings is 1. The second-order valence-corrected chi connectivity index (χ2v) is 11.7. The molecule has 4 rings (SSSR count). The number of benzene rings is 1. The zero-order valence-electron chi connectivity index (χ0n) is 19.3. The third-order valence-electron chi connectivity index (χ3n) is 6.62. The molecule has 0 aliphatic carbocycles. The van der Waals surface area contributed by atoms with Crippen LogP contribution in [0.4, 0.5) is 0 Å². The number of thiophene rings is 1. The molecule has 2 aliphatic heterocycles. The summed E-state index contributed by atoms with van der Waals surface area (Å²) in [5.74, 6) is -0.244. The van der Waals surface area contributed by atoms with Crippen LogP contribution in [-0.4, -0.2) is 69.0 Å². The first-order chi connectivity index (χ1) is 15.9. The van der Waals surface area contributed by atoms with Gasteiger partial charge < -0.3 is 10.1 Å². The lowest BCUT2D eigenvalue weighted by Gasteiger charge is -2.34. The first-order valence-electron chi connectivity index (χ1n) is 11.6. The number of hydrogen-bond donors (Lipinski definition) is 1. The van der Waals surface area contributed by atoms with Crippen molar-refractivity contribution in [3.8, 4) is 0 Å². The van der Waals surface area contributed by atoms with Gasteiger partial charge in [-0.25, -0.2) is 8.42 Å². The molecule has 0 saturated carbocycles. The molecule has 180 valence electrons. The summed E-state index contributed by atoms with van der Waals surface area (Å²) >= 11 is 1.68. The van der Waals surface area contributed by atoms with E-state index in [1.54, 1.807) is 27.8 Å². The van der Waals surface area contributed by atoms with E-state index in [1.165, 1.54) is 10.9 Å². The Morgan fingerprint density at radius 1 is 1.21 bits per heavy atom. The van der Waals surface area contributed by atoms with Gasteiger partial charge in [-0.15, -0.1) is 11.3 Å². The van der Waals surface area contributed by atoms with Crippen molar-refractivity contribution < 1.29 is 17.9 Å². The third kappa shape index (κ3) is 5.49. The number of nitrogens with one attached hydrogen (secondary N) is 1. The summed E-state index contributed by atoms with van der Waals surface area (Å²) in [5.41, 5.74) is 1.17. The molecule has 1 amide bonds. The van der Waals surface area contributed by atoms with Gasteiger partial charge in [0, 0.05) is 42.7 Å². The number of hydrogen-bond acceptors (Lipinski definition) is 6. The van der Waals surface area contributed by atoms with Crippen molar-refractivity contribution in [1.82, 2.24) is 14.5 Å². The molecule has 0 spiro atoms. The minimum Gasteiger partial charge on any atom is -0.379 e. The molecule has 2 atom stereocenters. The van der Waals surface area contributed by atoms with Gasteiger partial charge in [0.15, 0.2) is 0 Å². The van der Waals surface area contributed by atoms with E-state index in [1.807, 2.05) is 25.3 Å². The summed E-state index contributed by atoms with van der Waals surface area (Å²) < 4.78 is 33.6. The first-order valence-corrected chi connectivity index (χ1v) is 14.0. The van der Waals surface area contributed by atoms with Crippen molar-refractivity contribution in [2.24, 2.45) is 0 Å². The quantitative estimate of drug-likeness (QED) is 0.642. The standard InChI is InChI=1S/C24H33N3O4S2/c1-18-8-9-20(33(29,30)27-10-4-3-6-19(27)2)16-21(18)24(28)25-17-22(23-7-5-15-32-23)26-11-13-31-14-12-26/h5,7-9,15-16,19,22H,3-4,6,10-14,17H2,1-2H3,(H,25,28)/t19-,22-/m1/s1. The van der Waals surface area contributed by atoms with Crippen LogP contribution < -0.4 is 5.32 Å². The summed E-state index contributed by atoms with van der Waals surface area (Å²) in [4.78, 5) is 16.9. The molecule has 33 heavy (non-hydrogen) atoms. The van der Waals surface area contributed by atoms with Gasteiger partial charge in [-0.2, -0.15) is 4.31 Å². The van der Waals surface area contributed by atoms with Gasteiger partial charge in [0.25, 0.3) is 5.91 Å². The van der Waals surface area contributed by atoms with Crippen LogP contribution >= 0.6 is 11.3 Å². The number of amides is 1. The van der Waals surface area contributed by atoms with Gasteiger partial charge in [0.2, 0.25) is 10.0 Å². The van der Waals surface area contributed by atoms with Gasteiger partial charge in [0.05, 0.1) is 24.2 Å². The lowest BCUT2D eigenvalue weighted by atomic mass is 10.1. The van der Waals surface area contributed by atoms with Crippen molar-refractivity contribution in [1.29, 1.82) is 0 Å². The third-order valence-corrected chi connectivity index (χ3v) is 9.60. The number of carbonyl (C=O) groups excluding carboxylic acids is 1. The molecule has 1 aromatic heterocycles. The van der Waals surface area contributed by atoms with Crippen LogP contribution in [0, 0.1) is 6.92 Å². The van der Waals surface area contributed by atoms with Crippen molar-refractivity contribution in [2.45, 2.75) is 50.1 Å². The SMILES string of the molecule is Cc1ccc(S(=O)(=O)N2CCCC[C@H]2C)cc1C(=O)NC[C@H](c1cccs1)N1CCOCC1. The second kappa shape index (κ2) is 10.7. The fourth-order valence-corrected chi connectivity index (χ4v) is 7.22. The molecule has 1 N–H and O–H groups in total. The maximum absolute atomic E-state index is 13.3. The maximum Gasteiger partial charge on any atom is 0.251 e. The Morgan fingerprint density at radius 3 is 2.70 bits per heavy atom. The van der Waals surface area contributed by atoms with Gasteiger partial charge >= 0.3 is 0 Å². The highest BCUT2D eigenvalue weighted by atomic mass is 32.2. The van der Waals surface area contributed by atoms with Crippen LogP contribution in [0.25, 0.3) is 0 Å². The summed E-state index contributed by atoms with van der Waals surface area (Å²) in [6, 6.07) is 9.04. The Balaban J connectivity index is 1.52. The van der Waals surface area contributed by atoms with Crippen LogP contribution in [0.15, 0.2) is 40.6 Å². The van der Waals surface area contributed by atoms with Gasteiger partial charge in [-0.05, 0) is 55.8 Å². The molecule has 7 nitrogen and oxygen atoms in total. The smallest absolute Gasteiger partial charge is 0.251 e. The molecular formula is C24H33N3O4S2. The van der Waals surface area contributed by atoms with Gasteiger partial charge in [-0.1, -0.05) is 18.6 Å². The molecule has 1 aromatic carbocycles. The normalized spacial score (nSPS) is 21.6. The number of aryl methyl sites for hydroxylation is 1. The second-order valence-electron chi connectivity index (χ2n) is 8.83. The molecule has 2 saturated heterocycles. The Bertz CT molecular complexity index is 1050. The van der Waals surface area contributed by atoms with E-state index in [2.05, 4.69) is 16.3 Å². The maximum atomic E-state index is 13.3. The van der Waals surface area contributed by atoms with E-state index in [4.69, 9.17) is 4.74 Å². The molecule has 0 unspecified atom stereocenters. The van der Waals surface area contributed by atoms with Gasteiger partial charge in [0.1, 0.15) is 0 Å². The van der Waals surface area contributed by atoms with Crippen LogP contribution in [0.3, 0.4) is 0 Å². The predicted octanol–water partition coefficient (Wildman–Crippen LogP) is 3.42. The molecular weight excluding hydrogens is 458 g/mol. The fourth-order valence-electron chi connectivity index (χ4n) is 4.63. The lowest BCUT2D eigenvalue weighted by Crippen LogP contribution is -2.43. The summed E-state index contributed by atoms with van der Waals surface area (Å²) in [5, 5.41) is 5.12. The molecule has 3 heterocycles. The molecule has 0 bridgehead atoms. The molecule has 2 aromatic rings. The highest BCUT2D eigenvalue weighted by Crippen LogP contribution is 2.28. The van der Waals surface area contributed by atoms with Gasteiger partial charge in [-0.3, -0.25) is 9.69 Å². The number of carbonyl (C=O) groups is 1. The largest absolute Gasteiger partial charge is 0.379 e. The number of sulfonamides is 1. The van der Waals surface area contributed by atoms with E-state index in [9.17, 15) is 13.2 Å². The van der Waals surface area contributed by atoms with E-state index in [0.29, 0.717) is 31.9 Å². The minimum atomic E-state index is -3.63. The number of ether oxygens (including phenoxy) is 1. The van der Waals surface area contributed by atoms with E-state index in [0.717, 1.165) is 37.9 Å². The zero-order valence-corrected chi connectivity index (χ0v) is 21.0. The minimum absolute atomic E-state index is 0.0255. The van der Waals surface area contributed by atoms with Crippen molar-refractivity contribution in [3.63, 3.8) is 0 Å². The average Bonchev–Trinajstić information content (AvgIpc) is 3.35. The van der Waals surface area contributed by atoms with Crippen molar-refractivity contribution in [3.05, 3.63) is 51.7 Å². The predicted molar refractivity (Wildman–Crippen MR) is 130 cm³/mol. The first kappa shape index (κ1) is 24.3. The Hall–Kier alpha value is -1.78. The highest BCUT2D eigenvalue weighted by Gasteiger charge is 2.32. The Labute approximate surface area is 200 Å². The summed E-state index contributed by atoms with van der Waals surface area (Å²) in [6.45, 7) is 7.79. The topological polar surface area (TPSA) is 79.0 Å². The lowest BCUT2D eigenvalue weighted by molar-refractivity contribution is 0.0169. The average molecular weight is 492 g/mol. The molecule has 2 fully saturated rings. The van der Waals surface area contributed by atoms with E-state index in [-0.39, 0.29) is 22.9 Å². The Morgan fingerprint density at radius 2 is 2.00 bits per heavy atom. The van der Waals surface area contributed by atoms with E-state index < -0.39 is 10.0 Å². The Kier molecular flexibility index (Phi) is 7.86. The molecule has 2 aliphatic rings. The van der Waals surface area contributed by atoms with Crippen LogP contribution in [0.5, 0.6) is 0 Å².